The van der Waals surface area contributed by atoms with E-state index in [-0.39, 0.29) is 6.61 Å². The Labute approximate surface area is 259 Å². The third-order valence-electron chi connectivity index (χ3n) is 6.72. The van der Waals surface area contributed by atoms with Gasteiger partial charge in [-0.3, -0.25) is 24.0 Å². The van der Waals surface area contributed by atoms with Gasteiger partial charge in [0.2, 0.25) is 5.91 Å². The number of aliphatic hydroxyl groups is 2. The van der Waals surface area contributed by atoms with E-state index < -0.39 is 104 Å². The first-order valence-electron chi connectivity index (χ1n) is 14.1. The second-order valence-electron chi connectivity index (χ2n) is 10.4. The maximum Gasteiger partial charge on any atom is 0.303 e. The number of amides is 1. The molecular formula is C29H39NO15. The van der Waals surface area contributed by atoms with Crippen LogP contribution in [0.15, 0.2) is 30.3 Å². The highest BCUT2D eigenvalue weighted by Gasteiger charge is 2.56. The molecule has 0 radical (unpaired) electrons. The van der Waals surface area contributed by atoms with Gasteiger partial charge in [0.25, 0.3) is 0 Å². The normalized spacial score (nSPS) is 31.3. The number of hydrogen-bond donors (Lipinski definition) is 3. The zero-order chi connectivity index (χ0) is 33.3. The van der Waals surface area contributed by atoms with Crippen molar-refractivity contribution in [1.82, 2.24) is 5.32 Å². The van der Waals surface area contributed by atoms with E-state index >= 15 is 0 Å². The van der Waals surface area contributed by atoms with Crippen LogP contribution in [0.5, 0.6) is 0 Å². The largest absolute Gasteiger partial charge is 0.463 e. The van der Waals surface area contributed by atoms with Gasteiger partial charge in [-0.15, -0.1) is 0 Å². The van der Waals surface area contributed by atoms with Crippen LogP contribution in [0.25, 0.3) is 0 Å². The van der Waals surface area contributed by atoms with Crippen molar-refractivity contribution in [3.63, 3.8) is 0 Å². The number of benzene rings is 1. The number of hydrogen-bond acceptors (Lipinski definition) is 15. The number of ether oxygens (including phenoxy) is 8. The van der Waals surface area contributed by atoms with Gasteiger partial charge in [0.15, 0.2) is 30.9 Å². The highest BCUT2D eigenvalue weighted by atomic mass is 16.7. The van der Waals surface area contributed by atoms with Gasteiger partial charge in [-0.2, -0.15) is 0 Å². The lowest BCUT2D eigenvalue weighted by Crippen LogP contribution is -2.68. The molecule has 0 spiro atoms. The standard InChI is InChI=1S/C29H39NO15/c1-14(32)30-22-25(23(37)20(11-31)43-28(22)39-12-19-9-7-6-8-10-19)45-29-27(42-18(5)36)26(41-17(4)35)24(40-16(3)34)21(44-29)13-38-15(2)33/h6-10,20-29,31,37H,11-13H2,1-5H3,(H,30,32)/t20?,21?,22-,23+,24-,25+,26-,27-,28-,29-/m0/s1. The van der Waals surface area contributed by atoms with Crippen LogP contribution in [0, 0.1) is 0 Å². The van der Waals surface area contributed by atoms with Crippen LogP contribution in [0.2, 0.25) is 0 Å². The Balaban J connectivity index is 2.03. The highest BCUT2D eigenvalue weighted by molar-refractivity contribution is 5.73. The van der Waals surface area contributed by atoms with Crippen LogP contribution in [-0.2, 0) is 68.5 Å². The Morgan fingerprint density at radius 2 is 1.33 bits per heavy atom. The molecule has 2 aliphatic rings. The zero-order valence-electron chi connectivity index (χ0n) is 25.5. The summed E-state index contributed by atoms with van der Waals surface area (Å²) in [5.41, 5.74) is 0.756. The SMILES string of the molecule is CC(=O)N[C@@H]1[C@@H](OCc2ccccc2)OC(CO)[C@@H](O)[C@@H]1O[C@@H]1OC(COC(C)=O)[C@H](OC(C)=O)[C@H](OC(C)=O)[C@@H]1OC(C)=O. The summed E-state index contributed by atoms with van der Waals surface area (Å²) in [6.45, 7) is 4.38. The fraction of sp³-hybridized carbons (Fsp3) is 0.621. The summed E-state index contributed by atoms with van der Waals surface area (Å²) in [5, 5.41) is 23.9. The molecule has 1 aromatic rings. The van der Waals surface area contributed by atoms with Crippen LogP contribution in [-0.4, -0.2) is 115 Å². The Morgan fingerprint density at radius 3 is 1.89 bits per heavy atom. The van der Waals surface area contributed by atoms with E-state index in [4.69, 9.17) is 37.9 Å². The zero-order valence-corrected chi connectivity index (χ0v) is 25.5. The quantitative estimate of drug-likeness (QED) is 0.189. The predicted molar refractivity (Wildman–Crippen MR) is 147 cm³/mol. The van der Waals surface area contributed by atoms with E-state index in [0.29, 0.717) is 0 Å². The molecule has 2 saturated heterocycles. The molecule has 2 aliphatic heterocycles. The molecule has 0 saturated carbocycles. The fourth-order valence-electron chi connectivity index (χ4n) is 4.97. The van der Waals surface area contributed by atoms with Gasteiger partial charge < -0.3 is 53.4 Å². The molecule has 250 valence electrons. The molecule has 45 heavy (non-hydrogen) atoms. The van der Waals surface area contributed by atoms with E-state index in [0.717, 1.165) is 33.3 Å². The first-order chi connectivity index (χ1) is 21.3. The van der Waals surface area contributed by atoms with Crippen LogP contribution in [0.4, 0.5) is 0 Å². The minimum atomic E-state index is -1.69. The van der Waals surface area contributed by atoms with Crippen molar-refractivity contribution in [1.29, 1.82) is 0 Å². The summed E-state index contributed by atoms with van der Waals surface area (Å²) in [6.07, 6.45) is -13.2. The fourth-order valence-corrected chi connectivity index (χ4v) is 4.97. The molecular weight excluding hydrogens is 602 g/mol. The molecule has 0 bridgehead atoms. The molecule has 0 aromatic heterocycles. The monoisotopic (exact) mass is 641 g/mol. The van der Waals surface area contributed by atoms with Crippen LogP contribution >= 0.6 is 0 Å². The van der Waals surface area contributed by atoms with Crippen molar-refractivity contribution in [2.75, 3.05) is 13.2 Å². The molecule has 1 aromatic carbocycles. The number of aliphatic hydroxyl groups excluding tert-OH is 2. The van der Waals surface area contributed by atoms with E-state index in [1.807, 2.05) is 6.07 Å². The maximum absolute atomic E-state index is 12.3. The summed E-state index contributed by atoms with van der Waals surface area (Å²) >= 11 is 0. The number of rotatable bonds is 12. The third-order valence-corrected chi connectivity index (χ3v) is 6.72. The molecule has 2 unspecified atom stereocenters. The molecule has 10 atom stereocenters. The molecule has 0 aliphatic carbocycles. The van der Waals surface area contributed by atoms with Gasteiger partial charge in [-0.1, -0.05) is 30.3 Å². The Hall–Kier alpha value is -3.67. The lowest BCUT2D eigenvalue weighted by molar-refractivity contribution is -0.347. The molecule has 16 nitrogen and oxygen atoms in total. The predicted octanol–water partition coefficient (Wildman–Crippen LogP) is -0.746. The maximum atomic E-state index is 12.3. The van der Waals surface area contributed by atoms with Crippen LogP contribution in [0.3, 0.4) is 0 Å². The Kier molecular flexibility index (Phi) is 13.2. The van der Waals surface area contributed by atoms with E-state index in [9.17, 15) is 34.2 Å². The van der Waals surface area contributed by atoms with Crippen molar-refractivity contribution in [3.05, 3.63) is 35.9 Å². The average Bonchev–Trinajstić information content (AvgIpc) is 2.96. The van der Waals surface area contributed by atoms with Gasteiger partial charge in [0.1, 0.15) is 37.1 Å². The second kappa shape index (κ2) is 16.6. The molecule has 1 amide bonds. The second-order valence-corrected chi connectivity index (χ2v) is 10.4. The van der Waals surface area contributed by atoms with Gasteiger partial charge in [0.05, 0.1) is 13.2 Å². The Morgan fingerprint density at radius 1 is 0.756 bits per heavy atom. The number of nitrogens with one attached hydrogen (secondary N) is 1. The summed E-state index contributed by atoms with van der Waals surface area (Å²) in [4.78, 5) is 60.3. The number of carbonyl (C=O) groups excluding carboxylic acids is 5. The van der Waals surface area contributed by atoms with Crippen molar-refractivity contribution < 1.29 is 72.1 Å². The summed E-state index contributed by atoms with van der Waals surface area (Å²) < 4.78 is 45.2. The smallest absolute Gasteiger partial charge is 0.303 e. The van der Waals surface area contributed by atoms with Crippen LogP contribution < -0.4 is 5.32 Å². The third kappa shape index (κ3) is 10.2. The van der Waals surface area contributed by atoms with E-state index in [1.54, 1.807) is 24.3 Å². The summed E-state index contributed by atoms with van der Waals surface area (Å²) in [5.74, 6) is -3.79. The summed E-state index contributed by atoms with van der Waals surface area (Å²) in [6, 6.07) is 7.76. The van der Waals surface area contributed by atoms with E-state index in [1.165, 1.54) is 6.92 Å². The first-order valence-corrected chi connectivity index (χ1v) is 14.1. The van der Waals surface area contributed by atoms with Crippen molar-refractivity contribution in [3.8, 4) is 0 Å². The molecule has 16 heteroatoms. The molecule has 2 heterocycles. The van der Waals surface area contributed by atoms with Gasteiger partial charge in [0, 0.05) is 34.6 Å². The lowest BCUT2D eigenvalue weighted by atomic mass is 9.95. The molecule has 2 fully saturated rings. The van der Waals surface area contributed by atoms with E-state index in [2.05, 4.69) is 5.32 Å². The lowest BCUT2D eigenvalue weighted by Gasteiger charge is -2.48. The minimum Gasteiger partial charge on any atom is -0.463 e. The van der Waals surface area contributed by atoms with Crippen molar-refractivity contribution >= 4 is 29.8 Å². The van der Waals surface area contributed by atoms with Crippen molar-refractivity contribution in [2.45, 2.75) is 103 Å². The van der Waals surface area contributed by atoms with Crippen LogP contribution in [0.1, 0.15) is 40.2 Å². The topological polar surface area (TPSA) is 212 Å². The van der Waals surface area contributed by atoms with Gasteiger partial charge in [-0.25, -0.2) is 0 Å². The number of carbonyl (C=O) groups is 5. The first kappa shape index (κ1) is 35.8. The Bertz CT molecular complexity index is 1180. The molecule has 3 N–H and O–H groups in total. The summed E-state index contributed by atoms with van der Waals surface area (Å²) in [7, 11) is 0. The van der Waals surface area contributed by atoms with Gasteiger partial charge in [-0.05, 0) is 5.56 Å². The highest BCUT2D eigenvalue weighted by Crippen LogP contribution is 2.34. The van der Waals surface area contributed by atoms with Crippen molar-refractivity contribution in [2.24, 2.45) is 0 Å². The van der Waals surface area contributed by atoms with Gasteiger partial charge >= 0.3 is 23.9 Å². The molecule has 3 rings (SSSR count). The minimum absolute atomic E-state index is 0.0155. The average molecular weight is 642 g/mol. The number of esters is 4.